The molecule has 2 N–H and O–H groups in total. The number of carbonyl (C=O) groups excluding carboxylic acids is 2. The largest absolute Gasteiger partial charge is 0.497 e. The van der Waals surface area contributed by atoms with Gasteiger partial charge < -0.3 is 19.1 Å². The average molecular weight is 617 g/mol. The topological polar surface area (TPSA) is 104 Å². The van der Waals surface area contributed by atoms with Gasteiger partial charge in [-0.25, -0.2) is 8.93 Å². The van der Waals surface area contributed by atoms with Crippen molar-refractivity contribution >= 4 is 34.0 Å². The van der Waals surface area contributed by atoms with Crippen molar-refractivity contribution in [1.82, 2.24) is 19.1 Å². The smallest absolute Gasteiger partial charge is 0.264 e. The molecule has 2 saturated carbocycles. The molecule has 5 atom stereocenters. The second kappa shape index (κ2) is 10.4. The third-order valence-corrected chi connectivity index (χ3v) is 11.6. The maximum Gasteiger partial charge on any atom is 0.264 e. The first-order valence-corrected chi connectivity index (χ1v) is 17.2. The van der Waals surface area contributed by atoms with Gasteiger partial charge in [-0.3, -0.25) is 14.1 Å². The normalized spacial score (nSPS) is 28.5. The predicted molar refractivity (Wildman–Crippen MR) is 169 cm³/mol. The molecule has 0 spiro atoms. The number of ether oxygens (including phenoxy) is 1. The number of carbonyl (C=O) groups is 2. The summed E-state index contributed by atoms with van der Waals surface area (Å²) in [5.74, 6) is 0.963. The molecule has 0 radical (unpaired) electrons. The lowest BCUT2D eigenvalue weighted by atomic mass is 9.81. The summed E-state index contributed by atoms with van der Waals surface area (Å²) in [7, 11) is 3.85. The maximum atomic E-state index is 14.9. The Morgan fingerprint density at radius 3 is 2.48 bits per heavy atom. The number of amides is 2. The first kappa shape index (κ1) is 28.3. The fraction of sp³-hybridized carbons (Fsp3) is 0.529. The van der Waals surface area contributed by atoms with Gasteiger partial charge in [0.05, 0.1) is 18.2 Å². The van der Waals surface area contributed by atoms with E-state index in [2.05, 4.69) is 38.3 Å². The molecule has 4 fully saturated rings. The van der Waals surface area contributed by atoms with Crippen LogP contribution >= 0.6 is 0 Å². The highest BCUT2D eigenvalue weighted by Gasteiger charge is 2.65. The Morgan fingerprint density at radius 2 is 1.77 bits per heavy atom. The number of likely N-dealkylation sites (tertiary alicyclic amines) is 1. The van der Waals surface area contributed by atoms with Crippen LogP contribution in [0.3, 0.4) is 0 Å². The first-order chi connectivity index (χ1) is 21.3. The van der Waals surface area contributed by atoms with Crippen molar-refractivity contribution in [3.63, 3.8) is 0 Å². The lowest BCUT2D eigenvalue weighted by Crippen LogP contribution is -2.57. The number of piperazine rings is 1. The number of fused-ring (bicyclic) bond motifs is 9. The number of methoxy groups -OCH3 is 1. The van der Waals surface area contributed by atoms with Crippen LogP contribution < -0.4 is 9.46 Å². The summed E-state index contributed by atoms with van der Waals surface area (Å²) in [5, 5.41) is 1.11. The summed E-state index contributed by atoms with van der Waals surface area (Å²) < 4.78 is 31.0. The number of nitrogens with one attached hydrogen (secondary N) is 1. The predicted octanol–water partition coefficient (Wildman–Crippen LogP) is 5.02. The van der Waals surface area contributed by atoms with Gasteiger partial charge in [0.2, 0.25) is 5.91 Å². The maximum absolute atomic E-state index is 14.9. The Hall–Kier alpha value is -3.21. The number of rotatable bonds is 5. The molecule has 10 heteroatoms. The van der Waals surface area contributed by atoms with Crippen LogP contribution in [0.15, 0.2) is 36.4 Å². The minimum absolute atomic E-state index is 0.0941. The van der Waals surface area contributed by atoms with Crippen molar-refractivity contribution in [3.8, 4) is 17.0 Å². The highest BCUT2D eigenvalue weighted by Crippen LogP contribution is 2.66. The van der Waals surface area contributed by atoms with Crippen LogP contribution in [-0.4, -0.2) is 74.3 Å². The van der Waals surface area contributed by atoms with Crippen molar-refractivity contribution < 1.29 is 23.1 Å². The van der Waals surface area contributed by atoms with E-state index >= 15 is 0 Å². The van der Waals surface area contributed by atoms with E-state index in [0.717, 1.165) is 73.1 Å². The number of hydrogen-bond acceptors (Lipinski definition) is 5. The summed E-state index contributed by atoms with van der Waals surface area (Å²) in [6, 6.07) is 12.5. The van der Waals surface area contributed by atoms with E-state index in [4.69, 9.17) is 4.74 Å². The second-order valence-corrected chi connectivity index (χ2v) is 14.5. The molecule has 232 valence electrons. The zero-order chi connectivity index (χ0) is 30.3. The van der Waals surface area contributed by atoms with E-state index in [-0.39, 0.29) is 23.9 Å². The number of likely N-dealkylation sites (N-methyl/N-ethyl adjacent to an activating group) is 1. The number of hydrogen-bond donors (Lipinski definition) is 2. The van der Waals surface area contributed by atoms with E-state index in [0.29, 0.717) is 18.0 Å². The van der Waals surface area contributed by atoms with Gasteiger partial charge in [0.15, 0.2) is 0 Å². The van der Waals surface area contributed by atoms with Crippen molar-refractivity contribution in [2.75, 3.05) is 27.2 Å². The van der Waals surface area contributed by atoms with E-state index in [1.165, 1.54) is 30.4 Å². The van der Waals surface area contributed by atoms with Gasteiger partial charge in [-0.05, 0) is 86.5 Å². The van der Waals surface area contributed by atoms with Crippen LogP contribution in [0.5, 0.6) is 5.75 Å². The van der Waals surface area contributed by atoms with Gasteiger partial charge in [0.1, 0.15) is 5.75 Å². The fourth-order valence-electron chi connectivity index (χ4n) is 9.26. The molecule has 8 rings (SSSR count). The van der Waals surface area contributed by atoms with Crippen molar-refractivity contribution in [2.24, 2.45) is 5.41 Å². The molecule has 1 aromatic heterocycles. The van der Waals surface area contributed by atoms with Crippen molar-refractivity contribution in [1.29, 1.82) is 0 Å². The zero-order valence-corrected chi connectivity index (χ0v) is 26.2. The molecule has 2 bridgehead atoms. The van der Waals surface area contributed by atoms with Gasteiger partial charge in [0.25, 0.3) is 17.2 Å². The number of benzene rings is 2. The first-order valence-electron chi connectivity index (χ1n) is 16.1. The minimum Gasteiger partial charge on any atom is -0.497 e. The van der Waals surface area contributed by atoms with Gasteiger partial charge in [0, 0.05) is 59.7 Å². The Balaban J connectivity index is 1.34. The lowest BCUT2D eigenvalue weighted by molar-refractivity contribution is -0.143. The molecule has 4 heterocycles. The van der Waals surface area contributed by atoms with Gasteiger partial charge >= 0.3 is 0 Å². The van der Waals surface area contributed by atoms with Gasteiger partial charge in [-0.2, -0.15) is 0 Å². The van der Waals surface area contributed by atoms with Crippen LogP contribution in [0.4, 0.5) is 0 Å². The number of aromatic nitrogens is 1. The van der Waals surface area contributed by atoms with Crippen LogP contribution in [0.25, 0.3) is 22.2 Å². The quantitative estimate of drug-likeness (QED) is 0.390. The van der Waals surface area contributed by atoms with Gasteiger partial charge in [-0.1, -0.05) is 25.3 Å². The van der Waals surface area contributed by atoms with Gasteiger partial charge in [-0.15, -0.1) is 0 Å². The summed E-state index contributed by atoms with van der Waals surface area (Å²) in [6.45, 7) is 2.39. The molecule has 2 aromatic carbocycles. The SMILES string of the molecule is COc1ccc2c(c1)C1CC1(C(=O)N1C3CCC1CN(C)C3)Cn1c-2c(C2CCCCC2)c2ccc(C(=O)NS(=O)O)cc21. The third-order valence-electron chi connectivity index (χ3n) is 11.3. The van der Waals surface area contributed by atoms with Crippen LogP contribution in [0, 0.1) is 5.41 Å². The Morgan fingerprint density at radius 1 is 1.02 bits per heavy atom. The van der Waals surface area contributed by atoms with E-state index < -0.39 is 22.6 Å². The monoisotopic (exact) mass is 616 g/mol. The molecule has 44 heavy (non-hydrogen) atoms. The summed E-state index contributed by atoms with van der Waals surface area (Å²) >= 11 is -2.46. The van der Waals surface area contributed by atoms with E-state index in [9.17, 15) is 18.4 Å². The standard InChI is InChI=1S/C34H40N4O5S/c1-36-17-22-9-10-23(18-36)38(22)33(40)34-16-28(34)27-15-24(43-2)11-13-25(27)31-30(20-6-4-3-5-7-20)26-12-8-21(32(39)35-44(41)42)14-29(26)37(31)19-34/h8,11-15,20,22-23,28H,3-7,9-10,16-19H2,1-2H3,(H,35,39)(H,41,42). The van der Waals surface area contributed by atoms with Crippen molar-refractivity contribution in [3.05, 3.63) is 53.1 Å². The Bertz CT molecular complexity index is 1700. The van der Waals surface area contributed by atoms with Crippen LogP contribution in [-0.2, 0) is 22.6 Å². The number of nitrogens with zero attached hydrogens (tertiary/aromatic N) is 3. The van der Waals surface area contributed by atoms with Crippen LogP contribution in [0.1, 0.15) is 84.7 Å². The average Bonchev–Trinajstić information content (AvgIpc) is 3.60. The fourth-order valence-corrected chi connectivity index (χ4v) is 9.54. The molecule has 3 aromatic rings. The highest BCUT2D eigenvalue weighted by atomic mass is 32.2. The highest BCUT2D eigenvalue weighted by molar-refractivity contribution is 7.77. The Kier molecular flexibility index (Phi) is 6.70. The molecular formula is C34H40N4O5S. The molecule has 5 unspecified atom stereocenters. The molecule has 9 nitrogen and oxygen atoms in total. The third kappa shape index (κ3) is 4.28. The minimum atomic E-state index is -2.46. The molecule has 2 amide bonds. The molecular weight excluding hydrogens is 576 g/mol. The van der Waals surface area contributed by atoms with E-state index in [1.54, 1.807) is 13.2 Å². The molecule has 3 aliphatic heterocycles. The molecule has 2 saturated heterocycles. The summed E-state index contributed by atoms with van der Waals surface area (Å²) in [4.78, 5) is 32.4. The van der Waals surface area contributed by atoms with E-state index in [1.807, 2.05) is 18.2 Å². The molecule has 5 aliphatic rings. The van der Waals surface area contributed by atoms with Crippen LogP contribution in [0.2, 0.25) is 0 Å². The lowest BCUT2D eigenvalue weighted by Gasteiger charge is -2.41. The molecule has 2 aliphatic carbocycles. The second-order valence-electron chi connectivity index (χ2n) is 13.8. The van der Waals surface area contributed by atoms with Crippen molar-refractivity contribution in [2.45, 2.75) is 81.8 Å². The summed E-state index contributed by atoms with van der Waals surface area (Å²) in [6.07, 6.45) is 8.75. The Labute approximate surface area is 260 Å². The summed E-state index contributed by atoms with van der Waals surface area (Å²) in [5.41, 5.74) is 5.50. The zero-order valence-electron chi connectivity index (χ0n) is 25.4.